The number of pyridine rings is 1. The molecule has 8 heteroatoms. The number of aromatic amines is 1. The number of piperazine rings is 1. The van der Waals surface area contributed by atoms with Crippen LogP contribution in [-0.4, -0.2) is 62.6 Å². The molecule has 1 aromatic carbocycles. The van der Waals surface area contributed by atoms with Gasteiger partial charge < -0.3 is 14.8 Å². The van der Waals surface area contributed by atoms with Gasteiger partial charge in [-0.3, -0.25) is 14.4 Å². The highest BCUT2D eigenvalue weighted by atomic mass is 16.2. The first kappa shape index (κ1) is 20.2. The Bertz CT molecular complexity index is 1230. The van der Waals surface area contributed by atoms with Crippen molar-refractivity contribution in [3.05, 3.63) is 81.0 Å². The highest BCUT2D eigenvalue weighted by Crippen LogP contribution is 2.29. The Morgan fingerprint density at radius 1 is 0.938 bits per heavy atom. The average Bonchev–Trinajstić information content (AvgIpc) is 3.42. The van der Waals surface area contributed by atoms with Crippen LogP contribution in [-0.2, 0) is 12.8 Å². The minimum Gasteiger partial charge on any atom is -0.335 e. The second-order valence-electron chi connectivity index (χ2n) is 8.35. The van der Waals surface area contributed by atoms with Gasteiger partial charge >= 0.3 is 0 Å². The van der Waals surface area contributed by atoms with Crippen LogP contribution in [0.2, 0.25) is 0 Å². The summed E-state index contributed by atoms with van der Waals surface area (Å²) in [5.41, 5.74) is 5.08. The highest BCUT2D eigenvalue weighted by molar-refractivity contribution is 5.96. The fourth-order valence-corrected chi connectivity index (χ4v) is 4.60. The molecular formula is C24H25N5O3. The molecule has 2 amide bonds. The molecule has 1 aliphatic carbocycles. The Labute approximate surface area is 185 Å². The van der Waals surface area contributed by atoms with E-state index in [0.29, 0.717) is 37.4 Å². The van der Waals surface area contributed by atoms with E-state index in [9.17, 15) is 14.4 Å². The van der Waals surface area contributed by atoms with Gasteiger partial charge in [-0.15, -0.1) is 0 Å². The zero-order valence-electron chi connectivity index (χ0n) is 18.0. The van der Waals surface area contributed by atoms with E-state index in [2.05, 4.69) is 18.0 Å². The zero-order chi connectivity index (χ0) is 22.2. The van der Waals surface area contributed by atoms with Crippen LogP contribution < -0.4 is 5.56 Å². The largest absolute Gasteiger partial charge is 0.335 e. The standard InChI is InChI=1S/C24H25N5O3/c1-16-5-2-3-7-19(16)29-20-8-4-6-18(20)22(26-29)24(32)28-13-11-27(12-14-28)23(31)17-9-10-21(30)25-15-17/h2-3,5,7,9-10,15H,4,6,8,11-14H2,1H3,(H,25,30). The molecule has 8 nitrogen and oxygen atoms in total. The molecule has 2 aliphatic rings. The summed E-state index contributed by atoms with van der Waals surface area (Å²) in [4.78, 5) is 43.3. The first-order valence-corrected chi connectivity index (χ1v) is 11.0. The maximum Gasteiger partial charge on any atom is 0.274 e. The average molecular weight is 431 g/mol. The van der Waals surface area contributed by atoms with Gasteiger partial charge in [0.05, 0.1) is 11.3 Å². The summed E-state index contributed by atoms with van der Waals surface area (Å²) in [6, 6.07) is 11.0. The molecule has 0 spiro atoms. The zero-order valence-corrected chi connectivity index (χ0v) is 18.0. The van der Waals surface area contributed by atoms with Crippen LogP contribution in [0.1, 0.15) is 44.1 Å². The number of nitrogens with one attached hydrogen (secondary N) is 1. The van der Waals surface area contributed by atoms with Crippen molar-refractivity contribution in [1.29, 1.82) is 0 Å². The van der Waals surface area contributed by atoms with Gasteiger partial charge in [-0.1, -0.05) is 18.2 Å². The number of carbonyl (C=O) groups is 2. The van der Waals surface area contributed by atoms with Crippen LogP contribution in [0.3, 0.4) is 0 Å². The second kappa shape index (κ2) is 8.11. The summed E-state index contributed by atoms with van der Waals surface area (Å²) in [7, 11) is 0. The second-order valence-corrected chi connectivity index (χ2v) is 8.35. The van der Waals surface area contributed by atoms with E-state index in [1.807, 2.05) is 22.9 Å². The number of para-hydroxylation sites is 1. The van der Waals surface area contributed by atoms with E-state index in [1.54, 1.807) is 9.80 Å². The minimum absolute atomic E-state index is 0.0633. The van der Waals surface area contributed by atoms with Gasteiger partial charge in [-0.2, -0.15) is 5.10 Å². The van der Waals surface area contributed by atoms with Gasteiger partial charge in [-0.05, 0) is 43.9 Å². The Morgan fingerprint density at radius 3 is 2.34 bits per heavy atom. The maximum absolute atomic E-state index is 13.4. The number of carbonyl (C=O) groups excluding carboxylic acids is 2. The molecular weight excluding hydrogens is 406 g/mol. The van der Waals surface area contributed by atoms with Crippen molar-refractivity contribution in [3.8, 4) is 5.69 Å². The number of benzene rings is 1. The van der Waals surface area contributed by atoms with Crippen LogP contribution >= 0.6 is 0 Å². The number of aryl methyl sites for hydroxylation is 1. The summed E-state index contributed by atoms with van der Waals surface area (Å²) in [6.45, 7) is 3.87. The van der Waals surface area contributed by atoms with Crippen molar-refractivity contribution in [1.82, 2.24) is 24.6 Å². The van der Waals surface area contributed by atoms with Crippen molar-refractivity contribution in [3.63, 3.8) is 0 Å². The Balaban J connectivity index is 1.33. The van der Waals surface area contributed by atoms with Gasteiger partial charge in [0.2, 0.25) is 5.56 Å². The number of rotatable bonds is 3. The molecule has 0 radical (unpaired) electrons. The van der Waals surface area contributed by atoms with Gasteiger partial charge in [0, 0.05) is 49.7 Å². The monoisotopic (exact) mass is 431 g/mol. The molecule has 1 fully saturated rings. The SMILES string of the molecule is Cc1ccccc1-n1nc(C(=O)N2CCN(C(=O)c3ccc(=O)[nH]c3)CC2)c2c1CCC2. The van der Waals surface area contributed by atoms with Gasteiger partial charge in [0.25, 0.3) is 11.8 Å². The number of hydrogen-bond acceptors (Lipinski definition) is 4. The Hall–Kier alpha value is -3.68. The van der Waals surface area contributed by atoms with Crippen LogP contribution in [0, 0.1) is 6.92 Å². The van der Waals surface area contributed by atoms with Crippen molar-refractivity contribution >= 4 is 11.8 Å². The lowest BCUT2D eigenvalue weighted by Crippen LogP contribution is -2.50. The Kier molecular flexibility index (Phi) is 5.13. The number of fused-ring (bicyclic) bond motifs is 1. The summed E-state index contributed by atoms with van der Waals surface area (Å²) in [5.74, 6) is -0.204. The van der Waals surface area contributed by atoms with Crippen molar-refractivity contribution in [2.45, 2.75) is 26.2 Å². The number of amides is 2. The molecule has 1 N–H and O–H groups in total. The third kappa shape index (κ3) is 3.51. The third-order valence-electron chi connectivity index (χ3n) is 6.36. The molecule has 0 bridgehead atoms. The van der Waals surface area contributed by atoms with Crippen LogP contribution in [0.15, 0.2) is 47.4 Å². The molecule has 1 aliphatic heterocycles. The quantitative estimate of drug-likeness (QED) is 0.686. The van der Waals surface area contributed by atoms with Crippen LogP contribution in [0.4, 0.5) is 0 Å². The van der Waals surface area contributed by atoms with E-state index in [0.717, 1.165) is 41.8 Å². The summed E-state index contributed by atoms with van der Waals surface area (Å²) in [5, 5.41) is 4.76. The van der Waals surface area contributed by atoms with E-state index in [-0.39, 0.29) is 17.4 Å². The lowest BCUT2D eigenvalue weighted by Gasteiger charge is -2.34. The van der Waals surface area contributed by atoms with E-state index in [4.69, 9.17) is 5.10 Å². The summed E-state index contributed by atoms with van der Waals surface area (Å²) < 4.78 is 1.95. The molecule has 0 unspecified atom stereocenters. The van der Waals surface area contributed by atoms with Crippen LogP contribution in [0.25, 0.3) is 5.69 Å². The number of aromatic nitrogens is 3. The molecule has 0 saturated carbocycles. The normalized spacial score (nSPS) is 15.7. The number of nitrogens with zero attached hydrogens (tertiary/aromatic N) is 4. The van der Waals surface area contributed by atoms with E-state index >= 15 is 0 Å². The molecule has 1 saturated heterocycles. The fraction of sp³-hybridized carbons (Fsp3) is 0.333. The lowest BCUT2D eigenvalue weighted by atomic mass is 10.1. The molecule has 0 atom stereocenters. The molecule has 3 aromatic rings. The Morgan fingerprint density at radius 2 is 1.66 bits per heavy atom. The van der Waals surface area contributed by atoms with Crippen molar-refractivity contribution in [2.24, 2.45) is 0 Å². The molecule has 164 valence electrons. The highest BCUT2D eigenvalue weighted by Gasteiger charge is 2.32. The third-order valence-corrected chi connectivity index (χ3v) is 6.36. The summed E-state index contributed by atoms with van der Waals surface area (Å²) in [6.07, 6.45) is 4.25. The topological polar surface area (TPSA) is 91.3 Å². The molecule has 3 heterocycles. The fourth-order valence-electron chi connectivity index (χ4n) is 4.60. The van der Waals surface area contributed by atoms with Gasteiger partial charge in [0.15, 0.2) is 5.69 Å². The van der Waals surface area contributed by atoms with Crippen molar-refractivity contribution in [2.75, 3.05) is 26.2 Å². The van der Waals surface area contributed by atoms with E-state index < -0.39 is 0 Å². The number of H-pyrrole nitrogens is 1. The molecule has 5 rings (SSSR count). The lowest BCUT2D eigenvalue weighted by molar-refractivity contribution is 0.0531. The first-order chi connectivity index (χ1) is 15.5. The first-order valence-electron chi connectivity index (χ1n) is 11.0. The van der Waals surface area contributed by atoms with E-state index in [1.165, 1.54) is 18.3 Å². The van der Waals surface area contributed by atoms with Crippen molar-refractivity contribution < 1.29 is 9.59 Å². The molecule has 32 heavy (non-hydrogen) atoms. The number of hydrogen-bond donors (Lipinski definition) is 1. The maximum atomic E-state index is 13.4. The van der Waals surface area contributed by atoms with Gasteiger partial charge in [-0.25, -0.2) is 4.68 Å². The summed E-state index contributed by atoms with van der Waals surface area (Å²) >= 11 is 0. The van der Waals surface area contributed by atoms with Crippen LogP contribution in [0.5, 0.6) is 0 Å². The predicted molar refractivity (Wildman–Crippen MR) is 119 cm³/mol. The predicted octanol–water partition coefficient (Wildman–Crippen LogP) is 1.96. The molecule has 2 aromatic heterocycles. The van der Waals surface area contributed by atoms with Gasteiger partial charge in [0.1, 0.15) is 0 Å². The smallest absolute Gasteiger partial charge is 0.274 e. The minimum atomic E-state index is -0.241.